The SMILES string of the molecule is c1nncc2c1CC1CCC2N1. The highest BCUT2D eigenvalue weighted by molar-refractivity contribution is 5.30. The van der Waals surface area contributed by atoms with E-state index in [4.69, 9.17) is 0 Å². The summed E-state index contributed by atoms with van der Waals surface area (Å²) in [7, 11) is 0. The van der Waals surface area contributed by atoms with Crippen LogP contribution in [0.15, 0.2) is 12.4 Å². The Bertz CT molecular complexity index is 310. The Morgan fingerprint density at radius 1 is 1.25 bits per heavy atom. The monoisotopic (exact) mass is 161 g/mol. The molecular weight excluding hydrogens is 150 g/mol. The Hall–Kier alpha value is -0.960. The fourth-order valence-electron chi connectivity index (χ4n) is 2.33. The third-order valence-electron chi connectivity index (χ3n) is 2.93. The van der Waals surface area contributed by atoms with E-state index in [1.165, 1.54) is 24.0 Å². The van der Waals surface area contributed by atoms with Gasteiger partial charge in [-0.05, 0) is 30.4 Å². The van der Waals surface area contributed by atoms with Crippen LogP contribution in [0.4, 0.5) is 0 Å². The van der Waals surface area contributed by atoms with Gasteiger partial charge in [-0.15, -0.1) is 0 Å². The average Bonchev–Trinajstić information content (AvgIpc) is 2.49. The first-order valence-electron chi connectivity index (χ1n) is 4.49. The first-order valence-corrected chi connectivity index (χ1v) is 4.49. The van der Waals surface area contributed by atoms with Gasteiger partial charge in [-0.25, -0.2) is 0 Å². The summed E-state index contributed by atoms with van der Waals surface area (Å²) < 4.78 is 0. The lowest BCUT2D eigenvalue weighted by Gasteiger charge is -2.23. The summed E-state index contributed by atoms with van der Waals surface area (Å²) in [4.78, 5) is 0. The highest BCUT2D eigenvalue weighted by atomic mass is 15.1. The van der Waals surface area contributed by atoms with Crippen LogP contribution in [-0.4, -0.2) is 16.2 Å². The molecule has 0 radical (unpaired) electrons. The van der Waals surface area contributed by atoms with E-state index < -0.39 is 0 Å². The minimum atomic E-state index is 0.564. The van der Waals surface area contributed by atoms with Crippen LogP contribution < -0.4 is 5.32 Å². The summed E-state index contributed by atoms with van der Waals surface area (Å²) in [6.45, 7) is 0. The van der Waals surface area contributed by atoms with Crippen LogP contribution in [-0.2, 0) is 6.42 Å². The Morgan fingerprint density at radius 3 is 3.17 bits per heavy atom. The predicted molar refractivity (Wildman–Crippen MR) is 44.6 cm³/mol. The number of hydrogen-bond donors (Lipinski definition) is 1. The molecular formula is C9H11N3. The zero-order valence-corrected chi connectivity index (χ0v) is 6.83. The maximum absolute atomic E-state index is 3.92. The lowest BCUT2D eigenvalue weighted by atomic mass is 9.99. The molecule has 2 bridgehead atoms. The van der Waals surface area contributed by atoms with Gasteiger partial charge < -0.3 is 5.32 Å². The second kappa shape index (κ2) is 2.26. The van der Waals surface area contributed by atoms with Crippen molar-refractivity contribution >= 4 is 0 Å². The van der Waals surface area contributed by atoms with Gasteiger partial charge in [-0.2, -0.15) is 10.2 Å². The normalized spacial score (nSPS) is 31.7. The van der Waals surface area contributed by atoms with E-state index in [1.807, 2.05) is 12.4 Å². The van der Waals surface area contributed by atoms with Gasteiger partial charge in [0.25, 0.3) is 0 Å². The third-order valence-corrected chi connectivity index (χ3v) is 2.93. The molecule has 1 aromatic rings. The third kappa shape index (κ3) is 0.799. The Balaban J connectivity index is 2.13. The number of rotatable bonds is 0. The second-order valence-corrected chi connectivity index (χ2v) is 3.67. The highest BCUT2D eigenvalue weighted by Gasteiger charge is 2.31. The van der Waals surface area contributed by atoms with Crippen molar-refractivity contribution < 1.29 is 0 Å². The van der Waals surface area contributed by atoms with E-state index in [2.05, 4.69) is 15.5 Å². The standard InChI is InChI=1S/C9H11N3/c1-2-9-8-5-11-10-4-6(8)3-7(1)12-9/h4-5,7,9,12H,1-3H2. The summed E-state index contributed by atoms with van der Waals surface area (Å²) in [5.74, 6) is 0. The van der Waals surface area contributed by atoms with Gasteiger partial charge in [0.15, 0.2) is 0 Å². The average molecular weight is 161 g/mol. The fraction of sp³-hybridized carbons (Fsp3) is 0.556. The van der Waals surface area contributed by atoms with E-state index in [1.54, 1.807) is 0 Å². The van der Waals surface area contributed by atoms with Gasteiger partial charge in [-0.1, -0.05) is 0 Å². The molecule has 3 nitrogen and oxygen atoms in total. The minimum Gasteiger partial charge on any atom is -0.307 e. The fourth-order valence-corrected chi connectivity index (χ4v) is 2.33. The van der Waals surface area contributed by atoms with Crippen molar-refractivity contribution in [1.29, 1.82) is 0 Å². The van der Waals surface area contributed by atoms with Crippen molar-refractivity contribution in [2.45, 2.75) is 31.3 Å². The molecule has 2 unspecified atom stereocenters. The molecule has 1 saturated heterocycles. The molecule has 3 heterocycles. The molecule has 3 rings (SSSR count). The van der Waals surface area contributed by atoms with Crippen LogP contribution in [0.1, 0.15) is 30.0 Å². The van der Waals surface area contributed by atoms with Gasteiger partial charge in [-0.3, -0.25) is 0 Å². The van der Waals surface area contributed by atoms with Gasteiger partial charge in [0.05, 0.1) is 12.4 Å². The summed E-state index contributed by atoms with van der Waals surface area (Å²) in [6.07, 6.45) is 7.54. The summed E-state index contributed by atoms with van der Waals surface area (Å²) in [5.41, 5.74) is 2.77. The van der Waals surface area contributed by atoms with Crippen LogP contribution in [0, 0.1) is 0 Å². The molecule has 0 spiro atoms. The second-order valence-electron chi connectivity index (χ2n) is 3.67. The lowest BCUT2D eigenvalue weighted by Crippen LogP contribution is -2.31. The number of nitrogens with one attached hydrogen (secondary N) is 1. The molecule has 0 saturated carbocycles. The van der Waals surface area contributed by atoms with Crippen molar-refractivity contribution in [3.63, 3.8) is 0 Å². The molecule has 12 heavy (non-hydrogen) atoms. The minimum absolute atomic E-state index is 0.564. The highest BCUT2D eigenvalue weighted by Crippen LogP contribution is 2.34. The Kier molecular flexibility index (Phi) is 1.23. The van der Waals surface area contributed by atoms with Crippen molar-refractivity contribution in [3.05, 3.63) is 23.5 Å². The first kappa shape index (κ1) is 6.54. The smallest absolute Gasteiger partial charge is 0.0546 e. The van der Waals surface area contributed by atoms with Crippen LogP contribution in [0.2, 0.25) is 0 Å². The van der Waals surface area contributed by atoms with E-state index in [0.717, 1.165) is 6.42 Å². The quantitative estimate of drug-likeness (QED) is 0.612. The van der Waals surface area contributed by atoms with Crippen LogP contribution in [0.5, 0.6) is 0 Å². The van der Waals surface area contributed by atoms with Crippen LogP contribution in [0.25, 0.3) is 0 Å². The molecule has 62 valence electrons. The summed E-state index contributed by atoms with van der Waals surface area (Å²) >= 11 is 0. The van der Waals surface area contributed by atoms with Crippen LogP contribution in [0.3, 0.4) is 0 Å². The maximum Gasteiger partial charge on any atom is 0.0546 e. The van der Waals surface area contributed by atoms with Crippen molar-refractivity contribution in [3.8, 4) is 0 Å². The van der Waals surface area contributed by atoms with Gasteiger partial charge in [0, 0.05) is 12.1 Å². The van der Waals surface area contributed by atoms with Crippen molar-refractivity contribution in [2.24, 2.45) is 0 Å². The Morgan fingerprint density at radius 2 is 2.17 bits per heavy atom. The number of nitrogens with zero attached hydrogens (tertiary/aromatic N) is 2. The molecule has 2 aliphatic heterocycles. The van der Waals surface area contributed by atoms with Gasteiger partial charge >= 0.3 is 0 Å². The predicted octanol–water partition coefficient (Wildman–Crippen LogP) is 0.826. The molecule has 2 aliphatic rings. The molecule has 1 fully saturated rings. The number of hydrogen-bond acceptors (Lipinski definition) is 3. The van der Waals surface area contributed by atoms with Gasteiger partial charge in [0.2, 0.25) is 0 Å². The Labute approximate surface area is 71.2 Å². The first-order chi connectivity index (χ1) is 5.93. The molecule has 0 aliphatic carbocycles. The molecule has 0 aromatic carbocycles. The number of fused-ring (bicyclic) bond motifs is 4. The zero-order valence-electron chi connectivity index (χ0n) is 6.83. The van der Waals surface area contributed by atoms with E-state index >= 15 is 0 Å². The molecule has 1 aromatic heterocycles. The summed E-state index contributed by atoms with van der Waals surface area (Å²) in [5, 5.41) is 11.4. The lowest BCUT2D eigenvalue weighted by molar-refractivity contribution is 0.510. The molecule has 2 atom stereocenters. The number of aromatic nitrogens is 2. The van der Waals surface area contributed by atoms with E-state index in [9.17, 15) is 0 Å². The molecule has 0 amide bonds. The van der Waals surface area contributed by atoms with Crippen molar-refractivity contribution in [2.75, 3.05) is 0 Å². The topological polar surface area (TPSA) is 37.8 Å². The van der Waals surface area contributed by atoms with E-state index in [-0.39, 0.29) is 0 Å². The zero-order chi connectivity index (χ0) is 7.97. The van der Waals surface area contributed by atoms with E-state index in [0.29, 0.717) is 12.1 Å². The van der Waals surface area contributed by atoms with Crippen LogP contribution >= 0.6 is 0 Å². The molecule has 3 heteroatoms. The van der Waals surface area contributed by atoms with Crippen molar-refractivity contribution in [1.82, 2.24) is 15.5 Å². The summed E-state index contributed by atoms with van der Waals surface area (Å²) in [6, 6.07) is 1.26. The van der Waals surface area contributed by atoms with Gasteiger partial charge in [0.1, 0.15) is 0 Å². The molecule has 1 N–H and O–H groups in total. The maximum atomic E-state index is 3.92. The largest absolute Gasteiger partial charge is 0.307 e.